The zero-order chi connectivity index (χ0) is 28.8. The van der Waals surface area contributed by atoms with Crippen molar-refractivity contribution in [3.05, 3.63) is 35.6 Å². The molecule has 2 bridgehead atoms. The number of halogens is 1. The van der Waals surface area contributed by atoms with Crippen molar-refractivity contribution < 1.29 is 23.5 Å². The lowest BCUT2D eigenvalue weighted by Crippen LogP contribution is -2.61. The predicted molar refractivity (Wildman–Crippen MR) is 145 cm³/mol. The van der Waals surface area contributed by atoms with E-state index < -0.39 is 35.4 Å². The van der Waals surface area contributed by atoms with E-state index in [-0.39, 0.29) is 36.1 Å². The van der Waals surface area contributed by atoms with Gasteiger partial charge in [-0.3, -0.25) is 14.5 Å². The van der Waals surface area contributed by atoms with Crippen LogP contribution in [0, 0.1) is 23.1 Å². The van der Waals surface area contributed by atoms with Crippen molar-refractivity contribution in [1.82, 2.24) is 20.0 Å². The average molecular weight is 554 g/mol. The first-order chi connectivity index (χ1) is 18.9. The van der Waals surface area contributed by atoms with Gasteiger partial charge < -0.3 is 19.9 Å². The number of nitriles is 1. The minimum Gasteiger partial charge on any atom is -0.444 e. The molecule has 9 nitrogen and oxygen atoms in total. The molecule has 3 saturated heterocycles. The SMILES string of the molecule is CC1CC(C#N)N(C(=O)C(CN2C[C@@H]3CC2C(=O)N3C2(c3ccc(F)cc3)CCCC2)NC(=O)OC(C)(C)C)C1. The Morgan fingerprint density at radius 1 is 1.18 bits per heavy atom. The van der Waals surface area contributed by atoms with Gasteiger partial charge in [0.15, 0.2) is 0 Å². The number of fused-ring (bicyclic) bond motifs is 2. The molecule has 1 saturated carbocycles. The highest BCUT2D eigenvalue weighted by molar-refractivity contribution is 5.88. The van der Waals surface area contributed by atoms with Crippen LogP contribution in [0.4, 0.5) is 9.18 Å². The molecule has 1 aromatic rings. The number of benzene rings is 1. The number of nitrogens with zero attached hydrogens (tertiary/aromatic N) is 4. The van der Waals surface area contributed by atoms with Gasteiger partial charge in [-0.25, -0.2) is 9.18 Å². The molecule has 1 N–H and O–H groups in total. The van der Waals surface area contributed by atoms with Gasteiger partial charge in [0.1, 0.15) is 23.5 Å². The van der Waals surface area contributed by atoms with Crippen LogP contribution in [0.3, 0.4) is 0 Å². The molecule has 5 rings (SSSR count). The zero-order valence-electron chi connectivity index (χ0n) is 23.9. The normalized spacial score (nSPS) is 28.6. The second-order valence-electron chi connectivity index (χ2n) is 13.0. The number of hydrogen-bond acceptors (Lipinski definition) is 6. The third-order valence-corrected chi connectivity index (χ3v) is 8.89. The molecule has 4 aliphatic rings. The van der Waals surface area contributed by atoms with Crippen molar-refractivity contribution in [3.8, 4) is 6.07 Å². The van der Waals surface area contributed by atoms with Crippen molar-refractivity contribution in [2.45, 2.75) is 102 Å². The van der Waals surface area contributed by atoms with Crippen molar-refractivity contribution in [2.24, 2.45) is 5.92 Å². The number of rotatable bonds is 6. The highest BCUT2D eigenvalue weighted by Crippen LogP contribution is 2.50. The second-order valence-corrected chi connectivity index (χ2v) is 13.0. The number of likely N-dealkylation sites (tertiary alicyclic amines) is 3. The first-order valence-electron chi connectivity index (χ1n) is 14.4. The van der Waals surface area contributed by atoms with Crippen LogP contribution in [0.1, 0.15) is 71.8 Å². The molecule has 4 unspecified atom stereocenters. The van der Waals surface area contributed by atoms with Crippen LogP contribution in [-0.4, -0.2) is 82.0 Å². The van der Waals surface area contributed by atoms with Gasteiger partial charge in [-0.2, -0.15) is 5.26 Å². The first kappa shape index (κ1) is 28.3. The summed E-state index contributed by atoms with van der Waals surface area (Å²) in [5, 5.41) is 12.4. The molecular formula is C30H40FN5O4. The van der Waals surface area contributed by atoms with Crippen LogP contribution in [0.5, 0.6) is 0 Å². The fourth-order valence-electron chi connectivity index (χ4n) is 7.30. The molecule has 5 atom stereocenters. The third-order valence-electron chi connectivity index (χ3n) is 8.89. The summed E-state index contributed by atoms with van der Waals surface area (Å²) < 4.78 is 19.2. The van der Waals surface area contributed by atoms with Crippen molar-refractivity contribution in [1.29, 1.82) is 5.26 Å². The Balaban J connectivity index is 1.35. The molecule has 0 aromatic heterocycles. The molecule has 3 heterocycles. The first-order valence-corrected chi connectivity index (χ1v) is 14.4. The van der Waals surface area contributed by atoms with E-state index in [2.05, 4.69) is 11.4 Å². The number of amides is 3. The Kier molecular flexibility index (Phi) is 7.55. The Labute approximate surface area is 235 Å². The van der Waals surface area contributed by atoms with Gasteiger partial charge in [-0.05, 0) is 70.1 Å². The Morgan fingerprint density at radius 2 is 1.85 bits per heavy atom. The number of hydrogen-bond donors (Lipinski definition) is 1. The van der Waals surface area contributed by atoms with Crippen molar-refractivity contribution in [2.75, 3.05) is 19.6 Å². The van der Waals surface area contributed by atoms with Crippen molar-refractivity contribution in [3.63, 3.8) is 0 Å². The summed E-state index contributed by atoms with van der Waals surface area (Å²) in [6.07, 6.45) is 4.24. The quantitative estimate of drug-likeness (QED) is 0.578. The lowest BCUT2D eigenvalue weighted by molar-refractivity contribution is -0.146. The summed E-state index contributed by atoms with van der Waals surface area (Å²) in [4.78, 5) is 46.0. The van der Waals surface area contributed by atoms with Crippen molar-refractivity contribution >= 4 is 17.9 Å². The molecule has 3 aliphatic heterocycles. The summed E-state index contributed by atoms with van der Waals surface area (Å²) in [5.74, 6) is -0.414. The lowest BCUT2D eigenvalue weighted by Gasteiger charge is -2.46. The van der Waals surface area contributed by atoms with Crippen LogP contribution in [0.2, 0.25) is 0 Å². The maximum absolute atomic E-state index is 13.9. The van der Waals surface area contributed by atoms with E-state index in [1.54, 1.807) is 37.8 Å². The summed E-state index contributed by atoms with van der Waals surface area (Å²) in [6.45, 7) is 8.45. The van der Waals surface area contributed by atoms with Gasteiger partial charge in [0, 0.05) is 25.7 Å². The number of piperazine rings is 1. The molecule has 1 aliphatic carbocycles. The standard InChI is InChI=1S/C30H40FN5O4/c1-19-13-22(15-32)35(16-19)26(37)24(33-28(39)40-29(2,3)4)18-34-17-23-14-25(34)27(38)36(23)30(11-5-6-12-30)20-7-9-21(31)10-8-20/h7-10,19,22-25H,5-6,11-14,16-18H2,1-4H3,(H,33,39)/t19?,22?,23-,24?,25?/m0/s1. The third kappa shape index (κ3) is 5.28. The number of ether oxygens (including phenoxy) is 1. The van der Waals surface area contributed by atoms with E-state index in [0.717, 1.165) is 31.2 Å². The molecule has 0 radical (unpaired) electrons. The molecular weight excluding hydrogens is 513 g/mol. The maximum Gasteiger partial charge on any atom is 0.408 e. The summed E-state index contributed by atoms with van der Waals surface area (Å²) in [6, 6.07) is 6.84. The average Bonchev–Trinajstić information content (AvgIpc) is 3.66. The van der Waals surface area contributed by atoms with Gasteiger partial charge in [0.05, 0.1) is 17.6 Å². The molecule has 216 valence electrons. The van der Waals surface area contributed by atoms with Gasteiger partial charge in [-0.1, -0.05) is 31.9 Å². The predicted octanol–water partition coefficient (Wildman–Crippen LogP) is 3.53. The second kappa shape index (κ2) is 10.7. The van der Waals surface area contributed by atoms with E-state index in [9.17, 15) is 24.0 Å². The molecule has 3 amide bonds. The van der Waals surface area contributed by atoms with E-state index in [1.807, 2.05) is 16.7 Å². The molecule has 4 fully saturated rings. The van der Waals surface area contributed by atoms with Gasteiger partial charge in [0.2, 0.25) is 11.8 Å². The number of alkyl carbamates (subject to hydrolysis) is 1. The van der Waals surface area contributed by atoms with E-state index in [4.69, 9.17) is 4.74 Å². The monoisotopic (exact) mass is 553 g/mol. The Bertz CT molecular complexity index is 1190. The van der Waals surface area contributed by atoms with E-state index in [1.165, 1.54) is 12.1 Å². The van der Waals surface area contributed by atoms with Gasteiger partial charge in [0.25, 0.3) is 0 Å². The van der Waals surface area contributed by atoms with Crippen LogP contribution in [-0.2, 0) is 19.9 Å². The fourth-order valence-corrected chi connectivity index (χ4v) is 7.30. The molecule has 10 heteroatoms. The van der Waals surface area contributed by atoms with Crippen LogP contribution in [0.15, 0.2) is 24.3 Å². The maximum atomic E-state index is 13.9. The highest BCUT2D eigenvalue weighted by Gasteiger charge is 2.58. The highest BCUT2D eigenvalue weighted by atomic mass is 19.1. The van der Waals surface area contributed by atoms with Crippen LogP contribution < -0.4 is 5.32 Å². The topological polar surface area (TPSA) is 106 Å². The molecule has 40 heavy (non-hydrogen) atoms. The number of nitrogens with one attached hydrogen (secondary N) is 1. The van der Waals surface area contributed by atoms with E-state index in [0.29, 0.717) is 25.9 Å². The summed E-state index contributed by atoms with van der Waals surface area (Å²) >= 11 is 0. The van der Waals surface area contributed by atoms with Gasteiger partial charge in [-0.15, -0.1) is 0 Å². The fraction of sp³-hybridized carbons (Fsp3) is 0.667. The Morgan fingerprint density at radius 3 is 2.45 bits per heavy atom. The van der Waals surface area contributed by atoms with Gasteiger partial charge >= 0.3 is 6.09 Å². The van der Waals surface area contributed by atoms with E-state index >= 15 is 0 Å². The minimum absolute atomic E-state index is 0.0237. The lowest BCUT2D eigenvalue weighted by atomic mass is 9.85. The molecule has 0 spiro atoms. The van der Waals surface area contributed by atoms with Crippen LogP contribution >= 0.6 is 0 Å². The summed E-state index contributed by atoms with van der Waals surface area (Å²) in [5.41, 5.74) is -0.204. The smallest absolute Gasteiger partial charge is 0.408 e. The zero-order valence-corrected chi connectivity index (χ0v) is 23.9. The molecule has 1 aromatic carbocycles. The number of carbonyl (C=O) groups is 3. The largest absolute Gasteiger partial charge is 0.444 e. The van der Waals surface area contributed by atoms with Crippen LogP contribution in [0.25, 0.3) is 0 Å². The summed E-state index contributed by atoms with van der Waals surface area (Å²) in [7, 11) is 0. The minimum atomic E-state index is -0.950. The number of carbonyl (C=O) groups excluding carboxylic acids is 3. The Hall–Kier alpha value is -3.19.